The molecule has 2 aromatic rings. The maximum Gasteiger partial charge on any atom is 0.315 e. The van der Waals surface area contributed by atoms with E-state index in [4.69, 9.17) is 16.0 Å². The molecule has 90 valence electrons. The van der Waals surface area contributed by atoms with Gasteiger partial charge in [-0.1, -0.05) is 5.10 Å². The van der Waals surface area contributed by atoms with E-state index in [1.165, 1.54) is 0 Å². The minimum atomic E-state index is -0.294. The summed E-state index contributed by atoms with van der Waals surface area (Å²) in [5, 5.41) is 10.3. The van der Waals surface area contributed by atoms with Gasteiger partial charge in [0.25, 0.3) is 0 Å². The van der Waals surface area contributed by atoms with Gasteiger partial charge in [0.2, 0.25) is 5.89 Å². The Bertz CT molecular complexity index is 482. The first-order valence-corrected chi connectivity index (χ1v) is 5.57. The molecule has 6 nitrogen and oxygen atoms in total. The Balaban J connectivity index is 1.95. The van der Waals surface area contributed by atoms with Gasteiger partial charge in [0, 0.05) is 6.20 Å². The number of alkyl halides is 1. The fourth-order valence-electron chi connectivity index (χ4n) is 1.14. The standard InChI is InChI=1S/C10H12ClN5O/c1-6-3-13-8(4-12-6)5-14-10-16-15-9(17-10)7(2)11/h3-4,7H,5H2,1-2H3,(H,14,16). The number of aryl methyl sites for hydroxylation is 1. The Morgan fingerprint density at radius 2 is 2.18 bits per heavy atom. The summed E-state index contributed by atoms with van der Waals surface area (Å²) in [5.41, 5.74) is 1.68. The van der Waals surface area contributed by atoms with Crippen molar-refractivity contribution >= 4 is 17.6 Å². The lowest BCUT2D eigenvalue weighted by atomic mass is 10.4. The highest BCUT2D eigenvalue weighted by Gasteiger charge is 2.10. The second kappa shape index (κ2) is 5.09. The van der Waals surface area contributed by atoms with E-state index in [1.54, 1.807) is 19.3 Å². The quantitative estimate of drug-likeness (QED) is 0.841. The highest BCUT2D eigenvalue weighted by Crippen LogP contribution is 2.19. The molecule has 0 saturated heterocycles. The van der Waals surface area contributed by atoms with Crippen molar-refractivity contribution in [3.63, 3.8) is 0 Å². The molecule has 2 rings (SSSR count). The molecule has 0 bridgehead atoms. The van der Waals surface area contributed by atoms with Gasteiger partial charge in [-0.2, -0.15) is 0 Å². The number of aromatic nitrogens is 4. The highest BCUT2D eigenvalue weighted by molar-refractivity contribution is 6.20. The van der Waals surface area contributed by atoms with Crippen LogP contribution in [0.25, 0.3) is 0 Å². The minimum absolute atomic E-state index is 0.294. The third kappa shape index (κ3) is 3.13. The van der Waals surface area contributed by atoms with Crippen molar-refractivity contribution in [2.24, 2.45) is 0 Å². The molecule has 1 N–H and O–H groups in total. The largest absolute Gasteiger partial charge is 0.406 e. The molecule has 2 heterocycles. The van der Waals surface area contributed by atoms with Crippen molar-refractivity contribution in [3.8, 4) is 0 Å². The molecule has 2 aromatic heterocycles. The number of nitrogens with one attached hydrogen (secondary N) is 1. The third-order valence-corrected chi connectivity index (χ3v) is 2.22. The zero-order valence-corrected chi connectivity index (χ0v) is 10.3. The number of hydrogen-bond acceptors (Lipinski definition) is 6. The smallest absolute Gasteiger partial charge is 0.315 e. The summed E-state index contributed by atoms with van der Waals surface area (Å²) in [6.45, 7) is 4.13. The minimum Gasteiger partial charge on any atom is -0.406 e. The molecule has 0 fully saturated rings. The number of hydrogen-bond donors (Lipinski definition) is 1. The molecule has 7 heteroatoms. The SMILES string of the molecule is Cc1cnc(CNc2nnc(C(C)Cl)o2)cn1. The van der Waals surface area contributed by atoms with E-state index in [0.29, 0.717) is 18.5 Å². The Morgan fingerprint density at radius 1 is 1.35 bits per heavy atom. The molecule has 1 atom stereocenters. The van der Waals surface area contributed by atoms with Gasteiger partial charge in [-0.15, -0.1) is 16.7 Å². The van der Waals surface area contributed by atoms with Crippen molar-refractivity contribution in [1.29, 1.82) is 0 Å². The van der Waals surface area contributed by atoms with Crippen molar-refractivity contribution in [2.45, 2.75) is 25.8 Å². The normalized spacial score (nSPS) is 12.4. The Kier molecular flexibility index (Phi) is 3.53. The summed E-state index contributed by atoms with van der Waals surface area (Å²) >= 11 is 5.80. The molecule has 0 saturated carbocycles. The summed E-state index contributed by atoms with van der Waals surface area (Å²) in [6.07, 6.45) is 3.40. The molecule has 17 heavy (non-hydrogen) atoms. The zero-order valence-electron chi connectivity index (χ0n) is 9.51. The Morgan fingerprint density at radius 3 is 2.76 bits per heavy atom. The molecule has 1 unspecified atom stereocenters. The van der Waals surface area contributed by atoms with Gasteiger partial charge in [-0.25, -0.2) is 0 Å². The van der Waals surface area contributed by atoms with Crippen LogP contribution in [0, 0.1) is 6.92 Å². The van der Waals surface area contributed by atoms with Crippen LogP contribution in [-0.4, -0.2) is 20.2 Å². The third-order valence-electron chi connectivity index (χ3n) is 2.04. The van der Waals surface area contributed by atoms with Crippen LogP contribution in [0.3, 0.4) is 0 Å². The van der Waals surface area contributed by atoms with Crippen LogP contribution in [0.1, 0.15) is 29.6 Å². The van der Waals surface area contributed by atoms with Crippen molar-refractivity contribution in [1.82, 2.24) is 20.2 Å². The van der Waals surface area contributed by atoms with E-state index < -0.39 is 0 Å². The van der Waals surface area contributed by atoms with Gasteiger partial charge in [-0.05, 0) is 13.8 Å². The van der Waals surface area contributed by atoms with E-state index in [0.717, 1.165) is 11.4 Å². The number of anilines is 1. The molecule has 0 spiro atoms. The van der Waals surface area contributed by atoms with Gasteiger partial charge in [0.1, 0.15) is 5.38 Å². The predicted octanol–water partition coefficient (Wildman–Crippen LogP) is 2.08. The molecule has 0 radical (unpaired) electrons. The monoisotopic (exact) mass is 253 g/mol. The Hall–Kier alpha value is -1.69. The van der Waals surface area contributed by atoms with Gasteiger partial charge in [0.15, 0.2) is 0 Å². The summed E-state index contributed by atoms with van der Waals surface area (Å²) in [5.74, 6) is 0.393. The fraction of sp³-hybridized carbons (Fsp3) is 0.400. The maximum atomic E-state index is 5.80. The van der Waals surface area contributed by atoms with Crippen LogP contribution in [0.5, 0.6) is 0 Å². The first-order chi connectivity index (χ1) is 8.15. The van der Waals surface area contributed by atoms with Crippen LogP contribution >= 0.6 is 11.6 Å². The first-order valence-electron chi connectivity index (χ1n) is 5.14. The summed E-state index contributed by atoms with van der Waals surface area (Å²) in [7, 11) is 0. The summed E-state index contributed by atoms with van der Waals surface area (Å²) in [6, 6.07) is 0.329. The van der Waals surface area contributed by atoms with Gasteiger partial charge in [0.05, 0.1) is 24.1 Å². The van der Waals surface area contributed by atoms with E-state index in [-0.39, 0.29) is 5.38 Å². The van der Waals surface area contributed by atoms with Crippen LogP contribution in [0.2, 0.25) is 0 Å². The average Bonchev–Trinajstić information content (AvgIpc) is 2.77. The van der Waals surface area contributed by atoms with E-state index in [1.807, 2.05) is 6.92 Å². The molecular formula is C10H12ClN5O. The molecule has 0 aromatic carbocycles. The van der Waals surface area contributed by atoms with Crippen molar-refractivity contribution < 1.29 is 4.42 Å². The van der Waals surface area contributed by atoms with Crippen LogP contribution < -0.4 is 5.32 Å². The van der Waals surface area contributed by atoms with Crippen molar-refractivity contribution in [2.75, 3.05) is 5.32 Å². The van der Waals surface area contributed by atoms with Crippen LogP contribution in [0.4, 0.5) is 6.01 Å². The summed E-state index contributed by atoms with van der Waals surface area (Å²) < 4.78 is 5.28. The van der Waals surface area contributed by atoms with Crippen LogP contribution in [-0.2, 0) is 6.54 Å². The van der Waals surface area contributed by atoms with Crippen LogP contribution in [0.15, 0.2) is 16.8 Å². The van der Waals surface area contributed by atoms with E-state index in [2.05, 4.69) is 25.5 Å². The average molecular weight is 254 g/mol. The second-order valence-electron chi connectivity index (χ2n) is 3.56. The topological polar surface area (TPSA) is 76.7 Å². The first kappa shape index (κ1) is 11.8. The lowest BCUT2D eigenvalue weighted by Gasteiger charge is -2.00. The number of halogens is 1. The molecule has 0 aliphatic carbocycles. The number of rotatable bonds is 4. The van der Waals surface area contributed by atoms with Gasteiger partial charge < -0.3 is 9.73 Å². The summed E-state index contributed by atoms with van der Waals surface area (Å²) in [4.78, 5) is 8.33. The lowest BCUT2D eigenvalue weighted by Crippen LogP contribution is -2.02. The van der Waals surface area contributed by atoms with Crippen molar-refractivity contribution in [3.05, 3.63) is 29.7 Å². The molecule has 0 amide bonds. The maximum absolute atomic E-state index is 5.80. The predicted molar refractivity (Wildman–Crippen MR) is 62.7 cm³/mol. The zero-order chi connectivity index (χ0) is 12.3. The lowest BCUT2D eigenvalue weighted by molar-refractivity contribution is 0.505. The molecular weight excluding hydrogens is 242 g/mol. The van der Waals surface area contributed by atoms with Gasteiger partial charge >= 0.3 is 6.01 Å². The molecule has 0 aliphatic rings. The van der Waals surface area contributed by atoms with Gasteiger partial charge in [-0.3, -0.25) is 9.97 Å². The Labute approximate surface area is 103 Å². The fourth-order valence-corrected chi connectivity index (χ4v) is 1.23. The second-order valence-corrected chi connectivity index (χ2v) is 4.22. The number of nitrogens with zero attached hydrogens (tertiary/aromatic N) is 4. The van der Waals surface area contributed by atoms with E-state index >= 15 is 0 Å². The highest BCUT2D eigenvalue weighted by atomic mass is 35.5. The van der Waals surface area contributed by atoms with E-state index in [9.17, 15) is 0 Å². The molecule has 0 aliphatic heterocycles.